The van der Waals surface area contributed by atoms with Gasteiger partial charge in [-0.15, -0.1) is 0 Å². The van der Waals surface area contributed by atoms with Gasteiger partial charge in [-0.3, -0.25) is 4.99 Å². The fourth-order valence-electron chi connectivity index (χ4n) is 3.97. The molecule has 0 radical (unpaired) electrons. The van der Waals surface area contributed by atoms with Gasteiger partial charge in [0.1, 0.15) is 17.9 Å². The summed E-state index contributed by atoms with van der Waals surface area (Å²) in [5.41, 5.74) is 9.45. The Morgan fingerprint density at radius 2 is 1.61 bits per heavy atom. The molecule has 2 aromatic rings. The number of phenols is 1. The first-order chi connectivity index (χ1) is 13.2. The van der Waals surface area contributed by atoms with Gasteiger partial charge in [0.15, 0.2) is 0 Å². The average Bonchev–Trinajstić information content (AvgIpc) is 3.05. The van der Waals surface area contributed by atoms with Crippen LogP contribution in [0.1, 0.15) is 53.1 Å². The molecule has 2 N–H and O–H groups in total. The molecule has 0 fully saturated rings. The highest BCUT2D eigenvalue weighted by molar-refractivity contribution is 6.08. The average molecular weight is 370 g/mol. The van der Waals surface area contributed by atoms with Crippen LogP contribution in [0.25, 0.3) is 5.57 Å². The number of aromatic nitrogens is 1. The molecule has 1 aliphatic heterocycles. The minimum Gasteiger partial charge on any atom is -0.508 e. The Hall–Kier alpha value is -3.57. The van der Waals surface area contributed by atoms with Gasteiger partial charge < -0.3 is 10.1 Å². The molecule has 140 valence electrons. The summed E-state index contributed by atoms with van der Waals surface area (Å²) in [6.07, 6.45) is 0. The van der Waals surface area contributed by atoms with Crippen LogP contribution < -0.4 is 0 Å². The molecular weight excluding hydrogens is 348 g/mol. The van der Waals surface area contributed by atoms with Crippen molar-refractivity contribution in [1.82, 2.24) is 4.98 Å². The van der Waals surface area contributed by atoms with Crippen LogP contribution in [0.2, 0.25) is 0 Å². The molecule has 0 saturated heterocycles. The van der Waals surface area contributed by atoms with Gasteiger partial charge in [0, 0.05) is 11.3 Å². The summed E-state index contributed by atoms with van der Waals surface area (Å²) in [5.74, 6) is 0.205. The number of aromatic amines is 1. The van der Waals surface area contributed by atoms with Gasteiger partial charge in [-0.25, -0.2) is 0 Å². The lowest BCUT2D eigenvalue weighted by atomic mass is 9.88. The molecule has 0 bridgehead atoms. The highest BCUT2D eigenvalue weighted by atomic mass is 16.3. The van der Waals surface area contributed by atoms with Gasteiger partial charge in [-0.05, 0) is 81.5 Å². The van der Waals surface area contributed by atoms with E-state index in [9.17, 15) is 15.6 Å². The van der Waals surface area contributed by atoms with Crippen molar-refractivity contribution >= 4 is 11.3 Å². The van der Waals surface area contributed by atoms with Crippen LogP contribution in [0.15, 0.2) is 34.0 Å². The number of benzene rings is 1. The second kappa shape index (κ2) is 6.87. The predicted octanol–water partition coefficient (Wildman–Crippen LogP) is 4.90. The molecule has 28 heavy (non-hydrogen) atoms. The Labute approximate surface area is 165 Å². The molecule has 1 aliphatic rings. The van der Waals surface area contributed by atoms with Gasteiger partial charge >= 0.3 is 0 Å². The van der Waals surface area contributed by atoms with Gasteiger partial charge in [-0.2, -0.15) is 10.5 Å². The maximum absolute atomic E-state index is 10.0. The normalized spacial score (nSPS) is 15.4. The monoisotopic (exact) mass is 370 g/mol. The summed E-state index contributed by atoms with van der Waals surface area (Å²) in [4.78, 5) is 8.08. The van der Waals surface area contributed by atoms with Crippen molar-refractivity contribution in [1.29, 1.82) is 10.5 Å². The number of nitrogens with zero attached hydrogens (tertiary/aromatic N) is 3. The molecule has 0 amide bonds. The first-order valence-corrected chi connectivity index (χ1v) is 9.02. The molecule has 1 aromatic carbocycles. The zero-order valence-electron chi connectivity index (χ0n) is 16.9. The van der Waals surface area contributed by atoms with Crippen LogP contribution in [0.3, 0.4) is 0 Å². The Kier molecular flexibility index (Phi) is 4.71. The number of hydrogen-bond acceptors (Lipinski definition) is 4. The third-order valence-corrected chi connectivity index (χ3v) is 5.29. The molecule has 2 heterocycles. The molecule has 3 rings (SSSR count). The van der Waals surface area contributed by atoms with Crippen LogP contribution in [0, 0.1) is 50.4 Å². The number of nitrogens with one attached hydrogen (secondary N) is 1. The third kappa shape index (κ3) is 2.82. The largest absolute Gasteiger partial charge is 0.508 e. The quantitative estimate of drug-likeness (QED) is 0.787. The van der Waals surface area contributed by atoms with Crippen molar-refractivity contribution in [3.8, 4) is 17.9 Å². The molecule has 5 nitrogen and oxygen atoms in total. The smallest absolute Gasteiger partial charge is 0.116 e. The summed E-state index contributed by atoms with van der Waals surface area (Å²) in [6, 6.07) is 7.94. The molecule has 0 unspecified atom stereocenters. The van der Waals surface area contributed by atoms with Gasteiger partial charge in [-0.1, -0.05) is 0 Å². The standard InChI is InChI=1S/C23H22N4O/c1-11-7-17(28)8-12(2)20(11)21(22-13(3)18(9-24)15(5)26-22)23-14(4)19(10-25)16(6)27-23/h7-8,26,28H,1-6H3. The van der Waals surface area contributed by atoms with Crippen molar-refractivity contribution in [3.63, 3.8) is 0 Å². The van der Waals surface area contributed by atoms with E-state index in [0.29, 0.717) is 16.8 Å². The summed E-state index contributed by atoms with van der Waals surface area (Å²) in [7, 11) is 0. The maximum atomic E-state index is 10.0. The van der Waals surface area contributed by atoms with Crippen molar-refractivity contribution in [2.75, 3.05) is 0 Å². The minimum atomic E-state index is 0.205. The van der Waals surface area contributed by atoms with E-state index in [-0.39, 0.29) is 5.75 Å². The minimum absolute atomic E-state index is 0.205. The van der Waals surface area contributed by atoms with E-state index >= 15 is 0 Å². The summed E-state index contributed by atoms with van der Waals surface area (Å²) < 4.78 is 0. The molecule has 1 aromatic heterocycles. The molecule has 0 atom stereocenters. The maximum Gasteiger partial charge on any atom is 0.116 e. The number of aromatic hydroxyl groups is 1. The zero-order chi connectivity index (χ0) is 20.7. The number of hydrogen-bond donors (Lipinski definition) is 2. The Balaban J connectivity index is 2.50. The SMILES string of the molecule is CC1=NC(=C(c2[nH]c(C)c(C#N)c2C)c2c(C)cc(O)cc2C)C(C)=C1C#N. The number of aliphatic imine (C=N–C) groups is 1. The van der Waals surface area contributed by atoms with Crippen molar-refractivity contribution < 1.29 is 5.11 Å². The third-order valence-electron chi connectivity index (χ3n) is 5.29. The summed E-state index contributed by atoms with van der Waals surface area (Å²) in [5, 5.41) is 29.1. The Morgan fingerprint density at radius 3 is 2.07 bits per heavy atom. The molecular formula is C23H22N4O. The fraction of sp³-hybridized carbons (Fsp3) is 0.261. The summed E-state index contributed by atoms with van der Waals surface area (Å²) >= 11 is 0. The molecule has 5 heteroatoms. The lowest BCUT2D eigenvalue weighted by molar-refractivity contribution is 0.474. The number of aryl methyl sites for hydroxylation is 3. The Morgan fingerprint density at radius 1 is 1.00 bits per heavy atom. The zero-order valence-corrected chi connectivity index (χ0v) is 16.9. The molecule has 0 aliphatic carbocycles. The molecule has 0 spiro atoms. The number of phenolic OH excluding ortho intramolecular Hbond substituents is 1. The van der Waals surface area contributed by atoms with E-state index in [0.717, 1.165) is 50.5 Å². The van der Waals surface area contributed by atoms with Crippen LogP contribution in [-0.4, -0.2) is 15.8 Å². The van der Waals surface area contributed by atoms with E-state index in [1.807, 2.05) is 41.5 Å². The fourth-order valence-corrected chi connectivity index (χ4v) is 3.97. The first kappa shape index (κ1) is 19.2. The number of H-pyrrole nitrogens is 1. The van der Waals surface area contributed by atoms with Crippen LogP contribution in [-0.2, 0) is 0 Å². The highest BCUT2D eigenvalue weighted by Gasteiger charge is 2.27. The van der Waals surface area contributed by atoms with E-state index in [4.69, 9.17) is 4.99 Å². The van der Waals surface area contributed by atoms with Crippen LogP contribution in [0.5, 0.6) is 5.75 Å². The Bertz CT molecular complexity index is 1170. The van der Waals surface area contributed by atoms with Crippen molar-refractivity contribution in [2.45, 2.75) is 41.5 Å². The van der Waals surface area contributed by atoms with E-state index in [1.165, 1.54) is 0 Å². The topological polar surface area (TPSA) is 96.0 Å². The van der Waals surface area contributed by atoms with Crippen molar-refractivity contribution in [3.05, 3.63) is 68.2 Å². The van der Waals surface area contributed by atoms with E-state index in [2.05, 4.69) is 17.1 Å². The lowest BCUT2D eigenvalue weighted by Gasteiger charge is -2.17. The number of allylic oxidation sites excluding steroid dienone is 2. The van der Waals surface area contributed by atoms with Crippen LogP contribution in [0.4, 0.5) is 0 Å². The van der Waals surface area contributed by atoms with E-state index in [1.54, 1.807) is 12.1 Å². The summed E-state index contributed by atoms with van der Waals surface area (Å²) in [6.45, 7) is 11.4. The van der Waals surface area contributed by atoms with Gasteiger partial charge in [0.05, 0.1) is 28.2 Å². The van der Waals surface area contributed by atoms with Crippen LogP contribution >= 0.6 is 0 Å². The number of nitriles is 2. The van der Waals surface area contributed by atoms with E-state index < -0.39 is 0 Å². The highest BCUT2D eigenvalue weighted by Crippen LogP contribution is 2.40. The number of rotatable bonds is 2. The molecule has 0 saturated carbocycles. The second-order valence-corrected chi connectivity index (χ2v) is 7.22. The predicted molar refractivity (Wildman–Crippen MR) is 110 cm³/mol. The lowest BCUT2D eigenvalue weighted by Crippen LogP contribution is -2.01. The second-order valence-electron chi connectivity index (χ2n) is 7.22. The van der Waals surface area contributed by atoms with Gasteiger partial charge in [0.2, 0.25) is 0 Å². The first-order valence-electron chi connectivity index (χ1n) is 9.02. The van der Waals surface area contributed by atoms with Gasteiger partial charge in [0.25, 0.3) is 0 Å². The van der Waals surface area contributed by atoms with Crippen molar-refractivity contribution in [2.24, 2.45) is 4.99 Å².